The molecular weight excluding hydrogens is 973 g/mol. The van der Waals surface area contributed by atoms with E-state index in [1.807, 2.05) is 0 Å². The fraction of sp³-hybridized carbons (Fsp3) is 0.795. The minimum atomic E-state index is -0.786. The van der Waals surface area contributed by atoms with Gasteiger partial charge in [-0.2, -0.15) is 0 Å². The normalized spacial score (nSPS) is 12.5. The minimum Gasteiger partial charge on any atom is -0.462 e. The van der Waals surface area contributed by atoms with E-state index in [2.05, 4.69) is 93.7 Å². The van der Waals surface area contributed by atoms with Crippen LogP contribution in [0.3, 0.4) is 0 Å². The number of esters is 3. The Bertz CT molecular complexity index is 1450. The van der Waals surface area contributed by atoms with E-state index in [1.54, 1.807) is 0 Å². The molecule has 0 radical (unpaired) electrons. The van der Waals surface area contributed by atoms with E-state index in [-0.39, 0.29) is 31.1 Å². The molecule has 0 aromatic rings. The van der Waals surface area contributed by atoms with Crippen molar-refractivity contribution in [2.45, 2.75) is 361 Å². The van der Waals surface area contributed by atoms with Gasteiger partial charge in [0.15, 0.2) is 6.10 Å². The average molecular weight is 1100 g/mol. The van der Waals surface area contributed by atoms with Crippen molar-refractivity contribution in [3.8, 4) is 0 Å². The number of ether oxygens (including phenoxy) is 3. The van der Waals surface area contributed by atoms with Gasteiger partial charge < -0.3 is 14.2 Å². The summed E-state index contributed by atoms with van der Waals surface area (Å²) in [5.41, 5.74) is 0. The van der Waals surface area contributed by atoms with Crippen LogP contribution < -0.4 is 0 Å². The predicted octanol–water partition coefficient (Wildman–Crippen LogP) is 23.7. The number of rotatable bonds is 63. The summed E-state index contributed by atoms with van der Waals surface area (Å²) in [6.07, 6.45) is 87.7. The summed E-state index contributed by atoms with van der Waals surface area (Å²) in [5.74, 6) is -0.883. The standard InChI is InChI=1S/C73H130O6/c1-4-7-10-13-16-19-22-25-28-31-33-34-35-36-37-38-39-40-41-43-45-48-51-54-57-60-63-66-72(75)78-69-70(68-77-71(74)65-62-59-56-53-50-47-44-30-27-24-21-18-15-12-9-6-3)79-73(76)67-64-61-58-55-52-49-46-42-32-29-26-23-20-17-14-11-8-5-2/h21-22,24-25,29-33,35-36,44,70H,4-20,23,26-28,34,37-43,45-69H2,1-3H3/b24-21-,25-22-,32-29-,33-31-,36-35-,44-30-. The van der Waals surface area contributed by atoms with Crippen molar-refractivity contribution in [1.82, 2.24) is 0 Å². The van der Waals surface area contributed by atoms with Gasteiger partial charge in [0.2, 0.25) is 0 Å². The van der Waals surface area contributed by atoms with Crippen LogP contribution in [-0.4, -0.2) is 37.2 Å². The lowest BCUT2D eigenvalue weighted by Crippen LogP contribution is -2.30. The van der Waals surface area contributed by atoms with Gasteiger partial charge in [0, 0.05) is 19.3 Å². The second-order valence-corrected chi connectivity index (χ2v) is 23.1. The first-order chi connectivity index (χ1) is 39.0. The third kappa shape index (κ3) is 65.5. The topological polar surface area (TPSA) is 78.9 Å². The van der Waals surface area contributed by atoms with E-state index < -0.39 is 6.10 Å². The van der Waals surface area contributed by atoms with Gasteiger partial charge in [-0.1, -0.05) is 293 Å². The molecule has 0 aliphatic rings. The molecule has 1 atom stereocenters. The highest BCUT2D eigenvalue weighted by molar-refractivity contribution is 5.71. The highest BCUT2D eigenvalue weighted by Gasteiger charge is 2.19. The third-order valence-corrected chi connectivity index (χ3v) is 15.2. The lowest BCUT2D eigenvalue weighted by molar-refractivity contribution is -0.167. The van der Waals surface area contributed by atoms with Crippen LogP contribution in [0, 0.1) is 0 Å². The Labute approximate surface area is 491 Å². The Morgan fingerprint density at radius 1 is 0.253 bits per heavy atom. The van der Waals surface area contributed by atoms with Gasteiger partial charge in [0.25, 0.3) is 0 Å². The molecule has 0 aliphatic heterocycles. The summed E-state index contributed by atoms with van der Waals surface area (Å²) in [5, 5.41) is 0. The molecule has 0 rings (SSSR count). The Hall–Kier alpha value is -3.15. The second-order valence-electron chi connectivity index (χ2n) is 23.1. The van der Waals surface area contributed by atoms with Crippen molar-refractivity contribution in [2.24, 2.45) is 0 Å². The number of carbonyl (C=O) groups is 3. The van der Waals surface area contributed by atoms with Gasteiger partial charge in [-0.3, -0.25) is 14.4 Å². The first-order valence-electron chi connectivity index (χ1n) is 34.4. The number of hydrogen-bond donors (Lipinski definition) is 0. The lowest BCUT2D eigenvalue weighted by atomic mass is 10.0. The zero-order chi connectivity index (χ0) is 57.1. The Balaban J connectivity index is 4.32. The maximum absolute atomic E-state index is 12.9. The van der Waals surface area contributed by atoms with Crippen molar-refractivity contribution >= 4 is 17.9 Å². The summed E-state index contributed by atoms with van der Waals surface area (Å²) in [4.78, 5) is 38.4. The Morgan fingerprint density at radius 3 is 0.734 bits per heavy atom. The molecule has 0 saturated heterocycles. The van der Waals surface area contributed by atoms with Crippen molar-refractivity contribution in [1.29, 1.82) is 0 Å². The number of allylic oxidation sites excluding steroid dienone is 12. The summed E-state index contributed by atoms with van der Waals surface area (Å²) < 4.78 is 17.0. The predicted molar refractivity (Wildman–Crippen MR) is 344 cm³/mol. The highest BCUT2D eigenvalue weighted by Crippen LogP contribution is 2.17. The Kier molecular flexibility index (Phi) is 64.7. The fourth-order valence-electron chi connectivity index (χ4n) is 9.95. The van der Waals surface area contributed by atoms with E-state index in [1.165, 1.54) is 225 Å². The highest BCUT2D eigenvalue weighted by atomic mass is 16.6. The smallest absolute Gasteiger partial charge is 0.306 e. The van der Waals surface area contributed by atoms with Crippen LogP contribution in [-0.2, 0) is 28.6 Å². The van der Waals surface area contributed by atoms with Crippen molar-refractivity contribution in [3.05, 3.63) is 72.9 Å². The molecule has 0 heterocycles. The zero-order valence-electron chi connectivity index (χ0n) is 52.6. The molecule has 0 bridgehead atoms. The van der Waals surface area contributed by atoms with Crippen LogP contribution in [0.4, 0.5) is 0 Å². The molecule has 0 spiro atoms. The molecule has 0 amide bonds. The van der Waals surface area contributed by atoms with E-state index in [0.717, 1.165) is 89.9 Å². The molecule has 1 unspecified atom stereocenters. The molecule has 0 aliphatic carbocycles. The maximum atomic E-state index is 12.9. The van der Waals surface area contributed by atoms with Crippen LogP contribution in [0.1, 0.15) is 355 Å². The largest absolute Gasteiger partial charge is 0.462 e. The van der Waals surface area contributed by atoms with Gasteiger partial charge in [0.1, 0.15) is 13.2 Å². The van der Waals surface area contributed by atoms with E-state index in [0.29, 0.717) is 19.3 Å². The minimum absolute atomic E-state index is 0.0807. The summed E-state index contributed by atoms with van der Waals surface area (Å²) in [6.45, 7) is 6.64. The first kappa shape index (κ1) is 75.8. The van der Waals surface area contributed by atoms with Crippen LogP contribution >= 0.6 is 0 Å². The first-order valence-corrected chi connectivity index (χ1v) is 34.4. The molecule has 6 nitrogen and oxygen atoms in total. The van der Waals surface area contributed by atoms with E-state index in [9.17, 15) is 14.4 Å². The van der Waals surface area contributed by atoms with Crippen LogP contribution in [0.5, 0.6) is 0 Å². The van der Waals surface area contributed by atoms with Gasteiger partial charge in [-0.05, 0) is 116 Å². The number of unbranched alkanes of at least 4 members (excludes halogenated alkanes) is 40. The molecular formula is C73H130O6. The van der Waals surface area contributed by atoms with Crippen molar-refractivity contribution < 1.29 is 28.6 Å². The molecule has 0 fully saturated rings. The molecule has 0 aromatic carbocycles. The zero-order valence-corrected chi connectivity index (χ0v) is 52.6. The van der Waals surface area contributed by atoms with E-state index in [4.69, 9.17) is 14.2 Å². The maximum Gasteiger partial charge on any atom is 0.306 e. The molecule has 79 heavy (non-hydrogen) atoms. The quantitative estimate of drug-likeness (QED) is 0.0261. The van der Waals surface area contributed by atoms with Crippen LogP contribution in [0.2, 0.25) is 0 Å². The molecule has 0 aromatic heterocycles. The lowest BCUT2D eigenvalue weighted by Gasteiger charge is -2.18. The number of hydrogen-bond acceptors (Lipinski definition) is 6. The SMILES string of the molecule is CCCCCC/C=C\C/C=C\CCCCCCCC(=O)OCC(COC(=O)CCCCCCCCCCCCCC/C=C\C/C=C\C/C=C\CCCCCCC)OC(=O)CCCCCCCCC/C=C\CCCCCCCCC. The molecule has 0 saturated carbocycles. The fourth-order valence-corrected chi connectivity index (χ4v) is 9.95. The van der Waals surface area contributed by atoms with Gasteiger partial charge in [-0.25, -0.2) is 0 Å². The summed E-state index contributed by atoms with van der Waals surface area (Å²) in [6, 6.07) is 0. The monoisotopic (exact) mass is 1100 g/mol. The number of carbonyl (C=O) groups excluding carboxylic acids is 3. The third-order valence-electron chi connectivity index (χ3n) is 15.2. The second kappa shape index (κ2) is 67.4. The van der Waals surface area contributed by atoms with Gasteiger partial charge >= 0.3 is 17.9 Å². The molecule has 458 valence electrons. The molecule has 0 N–H and O–H groups in total. The van der Waals surface area contributed by atoms with Gasteiger partial charge in [-0.15, -0.1) is 0 Å². The summed E-state index contributed by atoms with van der Waals surface area (Å²) in [7, 11) is 0. The summed E-state index contributed by atoms with van der Waals surface area (Å²) >= 11 is 0. The van der Waals surface area contributed by atoms with E-state index >= 15 is 0 Å². The van der Waals surface area contributed by atoms with Gasteiger partial charge in [0.05, 0.1) is 0 Å². The van der Waals surface area contributed by atoms with Crippen molar-refractivity contribution in [3.63, 3.8) is 0 Å². The average Bonchev–Trinajstić information content (AvgIpc) is 3.45. The van der Waals surface area contributed by atoms with Crippen molar-refractivity contribution in [2.75, 3.05) is 13.2 Å². The van der Waals surface area contributed by atoms with Crippen LogP contribution in [0.15, 0.2) is 72.9 Å². The Morgan fingerprint density at radius 2 is 0.456 bits per heavy atom. The van der Waals surface area contributed by atoms with Crippen LogP contribution in [0.25, 0.3) is 0 Å². The molecule has 6 heteroatoms.